The van der Waals surface area contributed by atoms with Crippen LogP contribution < -0.4 is 5.73 Å². The molecule has 8 heteroatoms. The van der Waals surface area contributed by atoms with E-state index >= 15 is 0 Å². The van der Waals surface area contributed by atoms with Gasteiger partial charge in [-0.3, -0.25) is 0 Å². The zero-order chi connectivity index (χ0) is 18.5. The van der Waals surface area contributed by atoms with Gasteiger partial charge in [0.2, 0.25) is 5.95 Å². The SMILES string of the molecule is Cc1nn(-c2ccnc(N)n2)c2cc(C(C)(O)c3nccn3C)ccc12. The number of nitrogens with zero attached hydrogens (tertiary/aromatic N) is 6. The van der Waals surface area contributed by atoms with Crippen LogP contribution >= 0.6 is 0 Å². The standard InChI is InChI=1S/C18H19N7O/c1-11-13-5-4-12(18(2,26)16-20-8-9-24(16)3)10-14(13)25(23-11)15-6-7-21-17(19)22-15/h4-10,26H,1-3H3,(H2,19,21,22). The summed E-state index contributed by atoms with van der Waals surface area (Å²) in [6.07, 6.45) is 5.06. The zero-order valence-electron chi connectivity index (χ0n) is 14.7. The Kier molecular flexibility index (Phi) is 3.52. The third-order valence-electron chi connectivity index (χ3n) is 4.56. The molecule has 1 unspecified atom stereocenters. The fraction of sp³-hybridized carbons (Fsp3) is 0.222. The van der Waals surface area contributed by atoms with E-state index in [2.05, 4.69) is 20.1 Å². The number of anilines is 1. The van der Waals surface area contributed by atoms with Gasteiger partial charge in [0.1, 0.15) is 11.4 Å². The van der Waals surface area contributed by atoms with Crippen LogP contribution in [0.1, 0.15) is 24.0 Å². The number of fused-ring (bicyclic) bond motifs is 1. The van der Waals surface area contributed by atoms with Crippen molar-refractivity contribution < 1.29 is 5.11 Å². The molecule has 4 rings (SSSR count). The summed E-state index contributed by atoms with van der Waals surface area (Å²) < 4.78 is 3.51. The van der Waals surface area contributed by atoms with E-state index in [0.29, 0.717) is 17.2 Å². The Bertz CT molecular complexity index is 1110. The quantitative estimate of drug-likeness (QED) is 0.583. The van der Waals surface area contributed by atoms with Crippen LogP contribution in [0.4, 0.5) is 5.95 Å². The molecule has 1 aromatic carbocycles. The Labute approximate surface area is 150 Å². The van der Waals surface area contributed by atoms with Gasteiger partial charge in [-0.25, -0.2) is 14.6 Å². The summed E-state index contributed by atoms with van der Waals surface area (Å²) in [5.41, 5.74) is 6.86. The molecule has 0 saturated heterocycles. The molecule has 3 N–H and O–H groups in total. The molecule has 4 aromatic rings. The summed E-state index contributed by atoms with van der Waals surface area (Å²) in [6, 6.07) is 7.49. The van der Waals surface area contributed by atoms with Gasteiger partial charge in [-0.2, -0.15) is 10.1 Å². The van der Waals surface area contributed by atoms with Crippen molar-refractivity contribution in [2.75, 3.05) is 5.73 Å². The van der Waals surface area contributed by atoms with Gasteiger partial charge < -0.3 is 15.4 Å². The molecule has 0 aliphatic rings. The van der Waals surface area contributed by atoms with E-state index in [1.54, 1.807) is 40.8 Å². The third-order valence-corrected chi connectivity index (χ3v) is 4.56. The number of aryl methyl sites for hydroxylation is 2. The number of nitrogen functional groups attached to an aromatic ring is 1. The highest BCUT2D eigenvalue weighted by Crippen LogP contribution is 2.31. The number of hydrogen-bond acceptors (Lipinski definition) is 6. The van der Waals surface area contributed by atoms with E-state index in [9.17, 15) is 5.11 Å². The first-order valence-electron chi connectivity index (χ1n) is 8.17. The molecule has 0 saturated carbocycles. The van der Waals surface area contributed by atoms with E-state index in [1.165, 1.54) is 0 Å². The molecule has 0 fully saturated rings. The van der Waals surface area contributed by atoms with E-state index < -0.39 is 5.60 Å². The fourth-order valence-electron chi connectivity index (χ4n) is 3.19. The number of aliphatic hydroxyl groups is 1. The summed E-state index contributed by atoms with van der Waals surface area (Å²) in [7, 11) is 1.85. The normalized spacial score (nSPS) is 13.8. The molecule has 0 aliphatic carbocycles. The van der Waals surface area contributed by atoms with Crippen molar-refractivity contribution in [2.24, 2.45) is 7.05 Å². The average Bonchev–Trinajstić information content (AvgIpc) is 3.19. The van der Waals surface area contributed by atoms with Crippen molar-refractivity contribution in [3.05, 3.63) is 59.9 Å². The van der Waals surface area contributed by atoms with Crippen molar-refractivity contribution in [1.82, 2.24) is 29.3 Å². The highest BCUT2D eigenvalue weighted by Gasteiger charge is 2.30. The maximum atomic E-state index is 11.1. The minimum absolute atomic E-state index is 0.181. The summed E-state index contributed by atoms with van der Waals surface area (Å²) in [4.78, 5) is 12.5. The number of nitrogens with two attached hydrogens (primary N) is 1. The van der Waals surface area contributed by atoms with Crippen LogP contribution in [0.5, 0.6) is 0 Å². The Morgan fingerprint density at radius 3 is 2.65 bits per heavy atom. The number of rotatable bonds is 3. The first-order valence-corrected chi connectivity index (χ1v) is 8.17. The average molecular weight is 349 g/mol. The van der Waals surface area contributed by atoms with E-state index in [4.69, 9.17) is 5.73 Å². The Hall–Kier alpha value is -3.26. The van der Waals surface area contributed by atoms with Crippen LogP contribution in [0, 0.1) is 6.92 Å². The summed E-state index contributed by atoms with van der Waals surface area (Å²) in [6.45, 7) is 3.66. The molecule has 0 radical (unpaired) electrons. The summed E-state index contributed by atoms with van der Waals surface area (Å²) in [5, 5.41) is 16.7. The lowest BCUT2D eigenvalue weighted by Gasteiger charge is -2.23. The lowest BCUT2D eigenvalue weighted by atomic mass is 9.94. The first-order chi connectivity index (χ1) is 12.4. The van der Waals surface area contributed by atoms with Gasteiger partial charge in [0.25, 0.3) is 0 Å². The lowest BCUT2D eigenvalue weighted by molar-refractivity contribution is 0.0893. The molecule has 3 heterocycles. The Balaban J connectivity index is 1.92. The van der Waals surface area contributed by atoms with E-state index in [0.717, 1.165) is 16.6 Å². The zero-order valence-corrected chi connectivity index (χ0v) is 14.7. The molecule has 132 valence electrons. The van der Waals surface area contributed by atoms with Gasteiger partial charge in [0, 0.05) is 37.1 Å². The summed E-state index contributed by atoms with van der Waals surface area (Å²) >= 11 is 0. The van der Waals surface area contributed by atoms with Gasteiger partial charge in [0.15, 0.2) is 5.82 Å². The number of imidazole rings is 1. The molecular weight excluding hydrogens is 330 g/mol. The van der Waals surface area contributed by atoms with Crippen LogP contribution in [0.15, 0.2) is 42.9 Å². The van der Waals surface area contributed by atoms with Crippen molar-refractivity contribution in [3.63, 3.8) is 0 Å². The fourth-order valence-corrected chi connectivity index (χ4v) is 3.19. The predicted octanol–water partition coefficient (Wildman–Crippen LogP) is 1.70. The third kappa shape index (κ3) is 2.42. The Morgan fingerprint density at radius 2 is 1.96 bits per heavy atom. The first kappa shape index (κ1) is 16.2. The highest BCUT2D eigenvalue weighted by atomic mass is 16.3. The second kappa shape index (κ2) is 5.63. The van der Waals surface area contributed by atoms with Crippen molar-refractivity contribution in [3.8, 4) is 5.82 Å². The molecule has 0 spiro atoms. The predicted molar refractivity (Wildman–Crippen MR) is 97.7 cm³/mol. The molecule has 1 atom stereocenters. The molecule has 0 amide bonds. The van der Waals surface area contributed by atoms with Crippen LogP contribution in [-0.4, -0.2) is 34.4 Å². The van der Waals surface area contributed by atoms with Crippen LogP contribution in [0.3, 0.4) is 0 Å². The van der Waals surface area contributed by atoms with Crippen molar-refractivity contribution in [1.29, 1.82) is 0 Å². The van der Waals surface area contributed by atoms with Crippen molar-refractivity contribution in [2.45, 2.75) is 19.4 Å². The smallest absolute Gasteiger partial charge is 0.221 e. The number of hydrogen-bond donors (Lipinski definition) is 2. The second-order valence-electron chi connectivity index (χ2n) is 6.44. The molecule has 26 heavy (non-hydrogen) atoms. The van der Waals surface area contributed by atoms with Gasteiger partial charge in [0.05, 0.1) is 11.2 Å². The topological polar surface area (TPSA) is 108 Å². The van der Waals surface area contributed by atoms with Crippen LogP contribution in [-0.2, 0) is 12.6 Å². The second-order valence-corrected chi connectivity index (χ2v) is 6.44. The van der Waals surface area contributed by atoms with Gasteiger partial charge in [-0.05, 0) is 25.5 Å². The van der Waals surface area contributed by atoms with E-state index in [-0.39, 0.29) is 5.95 Å². The van der Waals surface area contributed by atoms with Gasteiger partial charge in [-0.15, -0.1) is 0 Å². The lowest BCUT2D eigenvalue weighted by Crippen LogP contribution is -2.26. The Morgan fingerprint density at radius 1 is 1.15 bits per heavy atom. The van der Waals surface area contributed by atoms with Gasteiger partial charge in [-0.1, -0.05) is 12.1 Å². The number of benzene rings is 1. The number of aromatic nitrogens is 6. The molecular formula is C18H19N7O. The monoisotopic (exact) mass is 349 g/mol. The maximum absolute atomic E-state index is 11.1. The molecule has 0 bridgehead atoms. The minimum Gasteiger partial charge on any atom is -0.377 e. The minimum atomic E-state index is -1.25. The van der Waals surface area contributed by atoms with Gasteiger partial charge >= 0.3 is 0 Å². The summed E-state index contributed by atoms with van der Waals surface area (Å²) in [5.74, 6) is 1.32. The van der Waals surface area contributed by atoms with Crippen LogP contribution in [0.25, 0.3) is 16.7 Å². The molecule has 3 aromatic heterocycles. The highest BCUT2D eigenvalue weighted by molar-refractivity contribution is 5.84. The van der Waals surface area contributed by atoms with E-state index in [1.807, 2.05) is 32.2 Å². The maximum Gasteiger partial charge on any atom is 0.221 e. The largest absolute Gasteiger partial charge is 0.377 e. The van der Waals surface area contributed by atoms with Crippen molar-refractivity contribution >= 4 is 16.9 Å². The molecule has 0 aliphatic heterocycles. The van der Waals surface area contributed by atoms with Crippen LogP contribution in [0.2, 0.25) is 0 Å². The molecule has 8 nitrogen and oxygen atoms in total.